The van der Waals surface area contributed by atoms with Crippen molar-refractivity contribution in [1.29, 1.82) is 0 Å². The van der Waals surface area contributed by atoms with Gasteiger partial charge < -0.3 is 4.90 Å². The van der Waals surface area contributed by atoms with Crippen molar-refractivity contribution >= 4 is 16.7 Å². The molecular weight excluding hydrogens is 298 g/mol. The van der Waals surface area contributed by atoms with Crippen LogP contribution in [0.4, 0.5) is 23.4 Å². The summed E-state index contributed by atoms with van der Waals surface area (Å²) in [7, 11) is 0. The molecule has 1 fully saturated rings. The molecule has 1 aliphatic heterocycles. The minimum absolute atomic E-state index is 0.0659. The van der Waals surface area contributed by atoms with Crippen LogP contribution in [-0.2, 0) is 6.18 Å². The molecule has 2 aromatic rings. The molecule has 0 aliphatic carbocycles. The number of aromatic nitrogens is 2. The lowest BCUT2D eigenvalue weighted by molar-refractivity contribution is -0.144. The number of hydrogen-bond acceptors (Lipinski definition) is 3. The van der Waals surface area contributed by atoms with Gasteiger partial charge in [-0.2, -0.15) is 13.2 Å². The molecule has 1 saturated heterocycles. The number of hydrogen-bond donors (Lipinski definition) is 0. The molecule has 1 aliphatic rings. The first-order valence-electron chi connectivity index (χ1n) is 7.17. The van der Waals surface area contributed by atoms with Gasteiger partial charge in [0.15, 0.2) is 0 Å². The first-order chi connectivity index (χ1) is 10.4. The Bertz CT molecular complexity index is 699. The highest BCUT2D eigenvalue weighted by Gasteiger charge is 2.36. The number of alkyl halides is 3. The minimum Gasteiger partial charge on any atom is -0.353 e. The van der Waals surface area contributed by atoms with E-state index in [0.717, 1.165) is 25.3 Å². The van der Waals surface area contributed by atoms with Crippen LogP contribution in [0, 0.1) is 5.82 Å². The fourth-order valence-electron chi connectivity index (χ4n) is 2.84. The highest BCUT2D eigenvalue weighted by molar-refractivity contribution is 5.89. The van der Waals surface area contributed by atoms with Crippen LogP contribution >= 0.6 is 0 Å². The second-order valence-corrected chi connectivity index (χ2v) is 5.57. The van der Waals surface area contributed by atoms with Crippen LogP contribution in [-0.4, -0.2) is 22.6 Å². The Morgan fingerprint density at radius 1 is 1.18 bits per heavy atom. The first kappa shape index (κ1) is 15.0. The third-order valence-electron chi connectivity index (χ3n) is 3.97. The van der Waals surface area contributed by atoms with E-state index >= 15 is 0 Å². The molecular formula is C15H15F4N3. The quantitative estimate of drug-likeness (QED) is 0.740. The van der Waals surface area contributed by atoms with Gasteiger partial charge in [-0.15, -0.1) is 0 Å². The second-order valence-electron chi connectivity index (χ2n) is 5.57. The standard InChI is InChI=1S/C15H15F4N3/c1-9-4-2-3-7-22(9)13-11-8-10(16)5-6-12(11)20-14(21-13)15(17,18)19/h5-6,8-9H,2-4,7H2,1H3. The molecule has 1 aromatic carbocycles. The van der Waals surface area contributed by atoms with Gasteiger partial charge in [0, 0.05) is 18.0 Å². The molecule has 0 radical (unpaired) electrons. The van der Waals surface area contributed by atoms with Gasteiger partial charge in [-0.25, -0.2) is 14.4 Å². The third kappa shape index (κ3) is 2.71. The molecule has 0 amide bonds. The Morgan fingerprint density at radius 2 is 1.95 bits per heavy atom. The fraction of sp³-hybridized carbons (Fsp3) is 0.467. The number of rotatable bonds is 1. The molecule has 3 nitrogen and oxygen atoms in total. The molecule has 22 heavy (non-hydrogen) atoms. The van der Waals surface area contributed by atoms with Gasteiger partial charge in [-0.3, -0.25) is 0 Å². The van der Waals surface area contributed by atoms with Crippen LogP contribution in [0.25, 0.3) is 10.9 Å². The van der Waals surface area contributed by atoms with Gasteiger partial charge in [0.25, 0.3) is 0 Å². The summed E-state index contributed by atoms with van der Waals surface area (Å²) in [6, 6.07) is 3.64. The van der Waals surface area contributed by atoms with E-state index in [2.05, 4.69) is 9.97 Å². The average molecular weight is 313 g/mol. The topological polar surface area (TPSA) is 29.0 Å². The van der Waals surface area contributed by atoms with E-state index in [0.29, 0.717) is 11.9 Å². The number of halogens is 4. The van der Waals surface area contributed by atoms with Crippen LogP contribution in [0.15, 0.2) is 18.2 Å². The van der Waals surface area contributed by atoms with Gasteiger partial charge >= 0.3 is 6.18 Å². The lowest BCUT2D eigenvalue weighted by Gasteiger charge is -2.35. The van der Waals surface area contributed by atoms with Crippen molar-refractivity contribution in [2.24, 2.45) is 0 Å². The molecule has 1 atom stereocenters. The summed E-state index contributed by atoms with van der Waals surface area (Å²) in [5, 5.41) is 0.321. The summed E-state index contributed by atoms with van der Waals surface area (Å²) in [5.41, 5.74) is 0.108. The van der Waals surface area contributed by atoms with E-state index in [1.807, 2.05) is 11.8 Å². The molecule has 0 N–H and O–H groups in total. The Labute approximate surface area is 125 Å². The van der Waals surface area contributed by atoms with Gasteiger partial charge in [-0.05, 0) is 44.4 Å². The molecule has 1 aromatic heterocycles. The molecule has 1 unspecified atom stereocenters. The van der Waals surface area contributed by atoms with Crippen molar-refractivity contribution in [2.45, 2.75) is 38.4 Å². The van der Waals surface area contributed by atoms with E-state index in [1.165, 1.54) is 12.1 Å². The Kier molecular flexibility index (Phi) is 3.66. The first-order valence-corrected chi connectivity index (χ1v) is 7.17. The van der Waals surface area contributed by atoms with Crippen LogP contribution < -0.4 is 4.90 Å². The van der Waals surface area contributed by atoms with Crippen molar-refractivity contribution in [3.63, 3.8) is 0 Å². The van der Waals surface area contributed by atoms with Gasteiger partial charge in [-0.1, -0.05) is 0 Å². The van der Waals surface area contributed by atoms with Crippen molar-refractivity contribution in [2.75, 3.05) is 11.4 Å². The SMILES string of the molecule is CC1CCCCN1c1nc(C(F)(F)F)nc2ccc(F)cc12. The minimum atomic E-state index is -4.63. The smallest absolute Gasteiger partial charge is 0.353 e. The van der Waals surface area contributed by atoms with E-state index in [-0.39, 0.29) is 17.4 Å². The zero-order chi connectivity index (χ0) is 15.9. The molecule has 3 rings (SSSR count). The van der Waals surface area contributed by atoms with Crippen LogP contribution in [0.2, 0.25) is 0 Å². The Morgan fingerprint density at radius 3 is 2.64 bits per heavy atom. The molecule has 2 heterocycles. The Hall–Kier alpha value is -1.92. The number of anilines is 1. The van der Waals surface area contributed by atoms with Gasteiger partial charge in [0.2, 0.25) is 5.82 Å². The summed E-state index contributed by atoms with van der Waals surface area (Å²) >= 11 is 0. The predicted octanol–water partition coefficient (Wildman–Crippen LogP) is 4.17. The lowest BCUT2D eigenvalue weighted by Crippen LogP contribution is -2.38. The van der Waals surface area contributed by atoms with Crippen molar-refractivity contribution in [3.8, 4) is 0 Å². The molecule has 118 valence electrons. The van der Waals surface area contributed by atoms with Crippen LogP contribution in [0.5, 0.6) is 0 Å². The summed E-state index contributed by atoms with van der Waals surface area (Å²) in [5.74, 6) is -1.52. The summed E-state index contributed by atoms with van der Waals surface area (Å²) in [6.45, 7) is 2.56. The monoisotopic (exact) mass is 313 g/mol. The zero-order valence-corrected chi connectivity index (χ0v) is 12.0. The van der Waals surface area contributed by atoms with Gasteiger partial charge in [0.05, 0.1) is 5.52 Å². The van der Waals surface area contributed by atoms with E-state index in [9.17, 15) is 17.6 Å². The maximum Gasteiger partial charge on any atom is 0.451 e. The fourth-order valence-corrected chi connectivity index (χ4v) is 2.84. The van der Waals surface area contributed by atoms with Gasteiger partial charge in [0.1, 0.15) is 11.6 Å². The third-order valence-corrected chi connectivity index (χ3v) is 3.97. The maximum absolute atomic E-state index is 13.5. The number of piperidine rings is 1. The molecule has 0 saturated carbocycles. The normalized spacial score (nSPS) is 19.7. The summed E-state index contributed by atoms with van der Waals surface area (Å²) in [6.07, 6.45) is -1.84. The van der Waals surface area contributed by atoms with Crippen LogP contribution in [0.1, 0.15) is 32.0 Å². The maximum atomic E-state index is 13.5. The van der Waals surface area contributed by atoms with Crippen molar-refractivity contribution in [3.05, 3.63) is 29.8 Å². The summed E-state index contributed by atoms with van der Waals surface area (Å²) < 4.78 is 52.6. The number of nitrogens with zero attached hydrogens (tertiary/aromatic N) is 3. The molecule has 0 bridgehead atoms. The highest BCUT2D eigenvalue weighted by Crippen LogP contribution is 2.34. The second kappa shape index (κ2) is 5.37. The zero-order valence-electron chi connectivity index (χ0n) is 12.0. The lowest BCUT2D eigenvalue weighted by atomic mass is 10.0. The van der Waals surface area contributed by atoms with E-state index < -0.39 is 17.8 Å². The largest absolute Gasteiger partial charge is 0.451 e. The number of benzene rings is 1. The predicted molar refractivity (Wildman–Crippen MR) is 75.2 cm³/mol. The van der Waals surface area contributed by atoms with Crippen molar-refractivity contribution in [1.82, 2.24) is 9.97 Å². The summed E-state index contributed by atoms with van der Waals surface area (Å²) in [4.78, 5) is 9.07. The van der Waals surface area contributed by atoms with Crippen LogP contribution in [0.3, 0.4) is 0 Å². The highest BCUT2D eigenvalue weighted by atomic mass is 19.4. The molecule has 0 spiro atoms. The van der Waals surface area contributed by atoms with E-state index in [4.69, 9.17) is 0 Å². The van der Waals surface area contributed by atoms with E-state index in [1.54, 1.807) is 0 Å². The number of fused-ring (bicyclic) bond motifs is 1. The molecule has 7 heteroatoms. The average Bonchev–Trinajstić information content (AvgIpc) is 2.46. The van der Waals surface area contributed by atoms with Crippen molar-refractivity contribution < 1.29 is 17.6 Å². The Balaban J connectivity index is 2.22.